The zero-order valence-electron chi connectivity index (χ0n) is 18.3. The average Bonchev–Trinajstić information content (AvgIpc) is 3.50. The van der Waals surface area contributed by atoms with Crippen molar-refractivity contribution in [2.45, 2.75) is 29.8 Å². The molecule has 0 atom stereocenters. The summed E-state index contributed by atoms with van der Waals surface area (Å²) in [6.45, 7) is 3.00. The third kappa shape index (κ3) is 5.18. The van der Waals surface area contributed by atoms with Gasteiger partial charge in [0.25, 0.3) is 0 Å². The largest absolute Gasteiger partial charge is 0.494 e. The molecule has 0 spiro atoms. The molecule has 10 nitrogen and oxygen atoms in total. The Balaban J connectivity index is 1.44. The number of aryl methyl sites for hydroxylation is 1. The second-order valence-corrected chi connectivity index (χ2v) is 10.4. The maximum absolute atomic E-state index is 12.8. The predicted octanol–water partition coefficient (Wildman–Crippen LogP) is 2.49. The molecular formula is C21H24N6O4S2. The number of benzene rings is 2. The Bertz CT molecular complexity index is 1260. The maximum atomic E-state index is 12.8. The number of nitrogens with zero attached hydrogens (tertiary/aromatic N) is 5. The van der Waals surface area contributed by atoms with Crippen molar-refractivity contribution in [2.75, 3.05) is 31.3 Å². The van der Waals surface area contributed by atoms with Crippen LogP contribution in [0.25, 0.3) is 5.69 Å². The van der Waals surface area contributed by atoms with E-state index in [-0.39, 0.29) is 16.6 Å². The molecular weight excluding hydrogens is 464 g/mol. The number of hydrogen-bond acceptors (Lipinski definition) is 8. The summed E-state index contributed by atoms with van der Waals surface area (Å²) in [6.07, 6.45) is 1.72. The zero-order valence-corrected chi connectivity index (χ0v) is 19.9. The van der Waals surface area contributed by atoms with Gasteiger partial charge in [-0.05, 0) is 66.1 Å². The monoisotopic (exact) mass is 488 g/mol. The van der Waals surface area contributed by atoms with E-state index in [1.54, 1.807) is 25.3 Å². The topological polar surface area (TPSA) is 119 Å². The van der Waals surface area contributed by atoms with Gasteiger partial charge < -0.3 is 10.1 Å². The summed E-state index contributed by atoms with van der Waals surface area (Å²) in [6, 6.07) is 12.0. The lowest BCUT2D eigenvalue weighted by Gasteiger charge is -2.16. The van der Waals surface area contributed by atoms with Crippen molar-refractivity contribution < 1.29 is 17.9 Å². The molecule has 1 N–H and O–H groups in total. The first-order valence-corrected chi connectivity index (χ1v) is 12.8. The molecule has 0 bridgehead atoms. The van der Waals surface area contributed by atoms with Gasteiger partial charge in [-0.1, -0.05) is 23.9 Å². The molecule has 33 heavy (non-hydrogen) atoms. The third-order valence-corrected chi connectivity index (χ3v) is 7.97. The first-order chi connectivity index (χ1) is 15.9. The number of rotatable bonds is 8. The molecule has 1 saturated heterocycles. The van der Waals surface area contributed by atoms with E-state index in [1.165, 1.54) is 15.1 Å². The highest BCUT2D eigenvalue weighted by molar-refractivity contribution is 7.99. The minimum Gasteiger partial charge on any atom is -0.494 e. The number of hydrogen-bond donors (Lipinski definition) is 1. The normalized spacial score (nSPS) is 14.4. The van der Waals surface area contributed by atoms with E-state index in [2.05, 4.69) is 20.8 Å². The van der Waals surface area contributed by atoms with Crippen molar-refractivity contribution in [3.8, 4) is 11.4 Å². The highest BCUT2D eigenvalue weighted by atomic mass is 32.2. The fraction of sp³-hybridized carbons (Fsp3) is 0.333. The fourth-order valence-corrected chi connectivity index (χ4v) is 5.77. The number of tetrazole rings is 1. The van der Waals surface area contributed by atoms with Crippen LogP contribution in [0.3, 0.4) is 0 Å². The van der Waals surface area contributed by atoms with Crippen LogP contribution in [-0.2, 0) is 14.8 Å². The summed E-state index contributed by atoms with van der Waals surface area (Å²) in [5.41, 5.74) is 2.10. The quantitative estimate of drug-likeness (QED) is 0.481. The highest BCUT2D eigenvalue weighted by Gasteiger charge is 2.27. The van der Waals surface area contributed by atoms with Crippen molar-refractivity contribution >= 4 is 33.4 Å². The van der Waals surface area contributed by atoms with Crippen molar-refractivity contribution in [3.05, 3.63) is 48.0 Å². The number of aromatic nitrogens is 4. The Morgan fingerprint density at radius 3 is 2.73 bits per heavy atom. The van der Waals surface area contributed by atoms with Crippen LogP contribution in [0.1, 0.15) is 18.4 Å². The van der Waals surface area contributed by atoms with E-state index >= 15 is 0 Å². The summed E-state index contributed by atoms with van der Waals surface area (Å²) in [7, 11) is -1.99. The summed E-state index contributed by atoms with van der Waals surface area (Å²) >= 11 is 1.16. The fourth-order valence-electron chi connectivity index (χ4n) is 3.52. The summed E-state index contributed by atoms with van der Waals surface area (Å²) in [5.74, 6) is 0.342. The Labute approximate surface area is 196 Å². The smallest absolute Gasteiger partial charge is 0.243 e. The number of thioether (sulfide) groups is 1. The minimum absolute atomic E-state index is 0.0393. The molecule has 1 aliphatic heterocycles. The van der Waals surface area contributed by atoms with Gasteiger partial charge in [-0.2, -0.15) is 8.99 Å². The molecule has 4 rings (SSSR count). The van der Waals surface area contributed by atoms with Crippen LogP contribution in [0.5, 0.6) is 5.75 Å². The molecule has 3 aromatic rings. The van der Waals surface area contributed by atoms with Crippen LogP contribution < -0.4 is 10.1 Å². The predicted molar refractivity (Wildman–Crippen MR) is 124 cm³/mol. The SMILES string of the molecule is COc1ccc(C)cc1-n1nnnc1SCC(=O)Nc1cccc(S(=O)(=O)N2CCCC2)c1. The first kappa shape index (κ1) is 23.2. The van der Waals surface area contributed by atoms with Crippen molar-refractivity contribution in [1.29, 1.82) is 0 Å². The van der Waals surface area contributed by atoms with Crippen LogP contribution in [0.2, 0.25) is 0 Å². The second kappa shape index (κ2) is 9.89. The second-order valence-electron chi connectivity index (χ2n) is 7.52. The van der Waals surface area contributed by atoms with Crippen LogP contribution in [0.15, 0.2) is 52.5 Å². The van der Waals surface area contributed by atoms with Crippen LogP contribution in [0, 0.1) is 6.92 Å². The van der Waals surface area contributed by atoms with E-state index in [0.29, 0.717) is 35.4 Å². The van der Waals surface area contributed by atoms with E-state index < -0.39 is 10.0 Å². The molecule has 0 aliphatic carbocycles. The van der Waals surface area contributed by atoms with E-state index in [4.69, 9.17) is 4.74 Å². The number of methoxy groups -OCH3 is 1. The Morgan fingerprint density at radius 1 is 1.18 bits per heavy atom. The number of sulfonamides is 1. The maximum Gasteiger partial charge on any atom is 0.243 e. The standard InChI is InChI=1S/C21H24N6O4S2/c1-15-8-9-19(31-2)18(12-15)27-21(23-24-25-27)32-14-20(28)22-16-6-5-7-17(13-16)33(29,30)26-10-3-4-11-26/h5-9,12-13H,3-4,10-11,14H2,1-2H3,(H,22,28). The van der Waals surface area contributed by atoms with Crippen LogP contribution in [0.4, 0.5) is 5.69 Å². The summed E-state index contributed by atoms with van der Waals surface area (Å²) in [4.78, 5) is 12.7. The molecule has 174 valence electrons. The minimum atomic E-state index is -3.56. The molecule has 1 amide bonds. The number of carbonyl (C=O) groups is 1. The van der Waals surface area contributed by atoms with Gasteiger partial charge in [0, 0.05) is 18.8 Å². The van der Waals surface area contributed by atoms with Crippen molar-refractivity contribution in [1.82, 2.24) is 24.5 Å². The summed E-state index contributed by atoms with van der Waals surface area (Å²) in [5, 5.41) is 14.9. The molecule has 0 radical (unpaired) electrons. The number of amides is 1. The number of ether oxygens (including phenoxy) is 1. The van der Waals surface area contributed by atoms with Gasteiger partial charge in [0.1, 0.15) is 11.4 Å². The van der Waals surface area contributed by atoms with Crippen molar-refractivity contribution in [3.63, 3.8) is 0 Å². The lowest BCUT2D eigenvalue weighted by atomic mass is 10.2. The van der Waals surface area contributed by atoms with Gasteiger partial charge in [-0.25, -0.2) is 8.42 Å². The molecule has 2 aromatic carbocycles. The van der Waals surface area contributed by atoms with Gasteiger partial charge in [-0.3, -0.25) is 4.79 Å². The lowest BCUT2D eigenvalue weighted by Crippen LogP contribution is -2.28. The summed E-state index contributed by atoms with van der Waals surface area (Å²) < 4.78 is 33.9. The Hall–Kier alpha value is -2.96. The van der Waals surface area contributed by atoms with Gasteiger partial charge in [0.15, 0.2) is 0 Å². The Kier molecular flexibility index (Phi) is 6.96. The molecule has 1 aliphatic rings. The number of nitrogens with one attached hydrogen (secondary N) is 1. The van der Waals surface area contributed by atoms with Crippen molar-refractivity contribution in [2.24, 2.45) is 0 Å². The average molecular weight is 489 g/mol. The van der Waals surface area contributed by atoms with E-state index in [1.807, 2.05) is 25.1 Å². The molecule has 12 heteroatoms. The van der Waals surface area contributed by atoms with Gasteiger partial charge >= 0.3 is 0 Å². The molecule has 0 unspecified atom stereocenters. The van der Waals surface area contributed by atoms with Gasteiger partial charge in [0.2, 0.25) is 21.1 Å². The molecule has 2 heterocycles. The lowest BCUT2D eigenvalue weighted by molar-refractivity contribution is -0.113. The molecule has 1 aromatic heterocycles. The molecule has 0 saturated carbocycles. The number of anilines is 1. The first-order valence-electron chi connectivity index (χ1n) is 10.3. The molecule has 1 fully saturated rings. The van der Waals surface area contributed by atoms with Crippen LogP contribution in [-0.4, -0.2) is 64.8 Å². The number of carbonyl (C=O) groups excluding carboxylic acids is 1. The Morgan fingerprint density at radius 2 is 1.97 bits per heavy atom. The van der Waals surface area contributed by atoms with E-state index in [9.17, 15) is 13.2 Å². The zero-order chi connectivity index (χ0) is 23.4. The highest BCUT2D eigenvalue weighted by Crippen LogP contribution is 2.27. The third-order valence-electron chi connectivity index (χ3n) is 5.16. The van der Waals surface area contributed by atoms with Gasteiger partial charge in [0.05, 0.1) is 17.8 Å². The van der Waals surface area contributed by atoms with E-state index in [0.717, 1.165) is 30.2 Å². The van der Waals surface area contributed by atoms with Gasteiger partial charge in [-0.15, -0.1) is 5.10 Å². The van der Waals surface area contributed by atoms with Crippen LogP contribution >= 0.6 is 11.8 Å².